The molecule has 6 rings (SSSR count). The Labute approximate surface area is 179 Å². The number of sulfonamides is 1. The highest BCUT2D eigenvalue weighted by molar-refractivity contribution is 7.89. The van der Waals surface area contributed by atoms with Gasteiger partial charge in [0.25, 0.3) is 5.56 Å². The number of aromatic nitrogens is 1. The van der Waals surface area contributed by atoms with E-state index in [1.807, 2.05) is 6.92 Å². The zero-order valence-electron chi connectivity index (χ0n) is 17.1. The Morgan fingerprint density at radius 2 is 1.81 bits per heavy atom. The Bertz CT molecular complexity index is 1350. The number of hydrogen-bond acceptors (Lipinski definition) is 5. The van der Waals surface area contributed by atoms with Crippen LogP contribution in [0.2, 0.25) is 0 Å². The minimum atomic E-state index is -3.81. The molecule has 1 heterocycles. The molecule has 0 atom stereocenters. The van der Waals surface area contributed by atoms with Gasteiger partial charge in [-0.3, -0.25) is 19.8 Å². The molecule has 4 aliphatic rings. The summed E-state index contributed by atoms with van der Waals surface area (Å²) in [6.07, 6.45) is 6.20. The maximum absolute atomic E-state index is 13.2. The van der Waals surface area contributed by atoms with Crippen molar-refractivity contribution in [2.45, 2.75) is 55.9 Å². The Hall–Kier alpha value is -2.52. The number of Topliss-reactive ketones (excluding diaryl/α,β-unsaturated/α-hetero) is 1. The van der Waals surface area contributed by atoms with Gasteiger partial charge in [-0.05, 0) is 68.9 Å². The summed E-state index contributed by atoms with van der Waals surface area (Å²) in [5, 5.41) is 0.522. The Balaban J connectivity index is 1.46. The van der Waals surface area contributed by atoms with Gasteiger partial charge in [0.15, 0.2) is 5.78 Å². The van der Waals surface area contributed by atoms with Gasteiger partial charge in [0.1, 0.15) is 0 Å². The van der Waals surface area contributed by atoms with E-state index in [-0.39, 0.29) is 33.3 Å². The fourth-order valence-corrected chi connectivity index (χ4v) is 5.79. The summed E-state index contributed by atoms with van der Waals surface area (Å²) in [6.45, 7) is 1.84. The molecular weight excluding hydrogens is 418 g/mol. The molecule has 4 saturated carbocycles. The number of fused-ring (bicyclic) bond motifs is 2. The van der Waals surface area contributed by atoms with E-state index < -0.39 is 21.1 Å². The molecule has 4 aliphatic carbocycles. The number of rotatable bonds is 7. The molecule has 0 spiro atoms. The molecular formula is C22H23N3O5S. The van der Waals surface area contributed by atoms with Crippen molar-refractivity contribution >= 4 is 32.5 Å². The van der Waals surface area contributed by atoms with E-state index in [0.717, 1.165) is 43.2 Å². The number of carbonyl (C=O) groups excluding carboxylic acids is 2. The molecule has 1 amide bonds. The minimum Gasteiger partial charge on any atom is -0.294 e. The highest BCUT2D eigenvalue weighted by Crippen LogP contribution is 2.75. The van der Waals surface area contributed by atoms with Gasteiger partial charge in [-0.15, -0.1) is 0 Å². The predicted molar refractivity (Wildman–Crippen MR) is 113 cm³/mol. The molecule has 0 unspecified atom stereocenters. The third-order valence-electron chi connectivity index (χ3n) is 7.25. The van der Waals surface area contributed by atoms with Crippen LogP contribution in [-0.2, 0) is 14.8 Å². The number of nitrogens with zero attached hydrogens (tertiary/aromatic N) is 1. The van der Waals surface area contributed by atoms with Crippen LogP contribution in [-0.4, -0.2) is 30.3 Å². The van der Waals surface area contributed by atoms with Crippen molar-refractivity contribution in [2.75, 3.05) is 5.43 Å². The van der Waals surface area contributed by atoms with E-state index in [2.05, 4.69) is 10.1 Å². The first-order chi connectivity index (χ1) is 14.6. The van der Waals surface area contributed by atoms with Crippen LogP contribution in [0.1, 0.15) is 55.8 Å². The molecule has 0 radical (unpaired) electrons. The highest BCUT2D eigenvalue weighted by Gasteiger charge is 2.74. The van der Waals surface area contributed by atoms with Gasteiger partial charge in [-0.2, -0.15) is 0 Å². The summed E-state index contributed by atoms with van der Waals surface area (Å²) in [5.41, 5.74) is 1.66. The lowest BCUT2D eigenvalue weighted by molar-refractivity contribution is -0.120. The average molecular weight is 442 g/mol. The normalized spacial score (nSPS) is 27.5. The third-order valence-corrected chi connectivity index (χ3v) is 8.89. The number of amides is 1. The van der Waals surface area contributed by atoms with Crippen molar-refractivity contribution < 1.29 is 18.0 Å². The number of carbonyl (C=O) groups is 2. The van der Waals surface area contributed by atoms with Crippen LogP contribution in [0.25, 0.3) is 10.8 Å². The summed E-state index contributed by atoms with van der Waals surface area (Å²) < 4.78 is 29.4. The second-order valence-electron chi connectivity index (χ2n) is 9.93. The van der Waals surface area contributed by atoms with Gasteiger partial charge >= 0.3 is 0 Å². The van der Waals surface area contributed by atoms with Crippen LogP contribution in [0, 0.1) is 17.3 Å². The van der Waals surface area contributed by atoms with Crippen molar-refractivity contribution in [2.24, 2.45) is 17.3 Å². The van der Waals surface area contributed by atoms with Crippen molar-refractivity contribution in [3.8, 4) is 0 Å². The molecule has 0 bridgehead atoms. The molecule has 2 N–H and O–H groups in total. The summed E-state index contributed by atoms with van der Waals surface area (Å²) in [6, 6.07) is 4.27. The Morgan fingerprint density at radius 1 is 1.13 bits per heavy atom. The molecule has 2 aromatic rings. The first-order valence-electron chi connectivity index (χ1n) is 10.7. The molecule has 162 valence electrons. The summed E-state index contributed by atoms with van der Waals surface area (Å²) in [4.78, 5) is 38.6. The SMILES string of the molecule is CC1(NS(=O)(=O)c2ccc3c(C(=O)C4CC4)cn(NC(=O)C45CC4C5)c(=O)c3c2)CC1. The van der Waals surface area contributed by atoms with E-state index >= 15 is 0 Å². The average Bonchev–Trinajstić information content (AvgIpc) is 3.52. The number of pyridine rings is 1. The topological polar surface area (TPSA) is 114 Å². The van der Waals surface area contributed by atoms with Crippen LogP contribution >= 0.6 is 0 Å². The zero-order valence-corrected chi connectivity index (χ0v) is 17.9. The number of benzene rings is 1. The van der Waals surface area contributed by atoms with Gasteiger partial charge in [0.05, 0.1) is 15.7 Å². The van der Waals surface area contributed by atoms with Crippen molar-refractivity contribution in [3.05, 3.63) is 40.3 Å². The maximum atomic E-state index is 13.2. The predicted octanol–water partition coefficient (Wildman–Crippen LogP) is 1.91. The maximum Gasteiger partial charge on any atom is 0.277 e. The summed E-state index contributed by atoms with van der Waals surface area (Å²) in [5.74, 6) is 0.0272. The van der Waals surface area contributed by atoms with Gasteiger partial charge in [-0.1, -0.05) is 6.07 Å². The van der Waals surface area contributed by atoms with Gasteiger partial charge in [0, 0.05) is 23.2 Å². The zero-order chi connectivity index (χ0) is 21.8. The lowest BCUT2D eigenvalue weighted by atomic mass is 10.0. The molecule has 0 aliphatic heterocycles. The quantitative estimate of drug-likeness (QED) is 0.637. The fraction of sp³-hybridized carbons (Fsp3) is 0.500. The lowest BCUT2D eigenvalue weighted by Gasteiger charge is -2.15. The number of ketones is 1. The summed E-state index contributed by atoms with van der Waals surface area (Å²) >= 11 is 0. The van der Waals surface area contributed by atoms with Crippen LogP contribution in [0.15, 0.2) is 34.1 Å². The summed E-state index contributed by atoms with van der Waals surface area (Å²) in [7, 11) is -3.81. The van der Waals surface area contributed by atoms with Gasteiger partial charge in [-0.25, -0.2) is 17.8 Å². The highest BCUT2D eigenvalue weighted by atomic mass is 32.2. The first-order valence-corrected chi connectivity index (χ1v) is 12.2. The fourth-order valence-electron chi connectivity index (χ4n) is 4.30. The Kier molecular flexibility index (Phi) is 3.61. The minimum absolute atomic E-state index is 0.0258. The smallest absolute Gasteiger partial charge is 0.277 e. The van der Waals surface area contributed by atoms with E-state index in [1.54, 1.807) is 0 Å². The van der Waals surface area contributed by atoms with Crippen molar-refractivity contribution in [1.82, 2.24) is 9.40 Å². The van der Waals surface area contributed by atoms with Gasteiger partial charge in [0.2, 0.25) is 15.9 Å². The van der Waals surface area contributed by atoms with Gasteiger partial charge < -0.3 is 0 Å². The molecule has 9 heteroatoms. The first kappa shape index (κ1) is 19.2. The molecule has 4 fully saturated rings. The molecule has 1 aromatic heterocycles. The lowest BCUT2D eigenvalue weighted by Crippen LogP contribution is -2.36. The standard InChI is InChI=1S/C22H23N3O5S/c1-21(6-7-21)24-31(29,30)14-4-5-15-16(8-14)19(27)25(11-17(15)18(26)12-2-3-12)23-20(28)22-9-13(22)10-22/h4-5,8,11-13,24H,2-3,6-7,9-10H2,1H3,(H,23,28). The van der Waals surface area contributed by atoms with E-state index in [0.29, 0.717) is 16.9 Å². The third kappa shape index (κ3) is 3.05. The monoisotopic (exact) mass is 441 g/mol. The number of nitrogens with one attached hydrogen (secondary N) is 2. The van der Waals surface area contributed by atoms with E-state index in [4.69, 9.17) is 0 Å². The molecule has 31 heavy (non-hydrogen) atoms. The Morgan fingerprint density at radius 3 is 2.39 bits per heavy atom. The van der Waals surface area contributed by atoms with Crippen molar-refractivity contribution in [3.63, 3.8) is 0 Å². The van der Waals surface area contributed by atoms with Crippen LogP contribution in [0.5, 0.6) is 0 Å². The molecule has 0 saturated heterocycles. The molecule has 1 aromatic carbocycles. The van der Waals surface area contributed by atoms with E-state index in [9.17, 15) is 22.8 Å². The molecule has 8 nitrogen and oxygen atoms in total. The van der Waals surface area contributed by atoms with Crippen LogP contribution in [0.4, 0.5) is 0 Å². The number of hydrogen-bond donors (Lipinski definition) is 2. The largest absolute Gasteiger partial charge is 0.294 e. The van der Waals surface area contributed by atoms with Crippen LogP contribution in [0.3, 0.4) is 0 Å². The second-order valence-corrected chi connectivity index (χ2v) is 11.6. The van der Waals surface area contributed by atoms with Crippen LogP contribution < -0.4 is 15.7 Å². The van der Waals surface area contributed by atoms with Crippen molar-refractivity contribution in [1.29, 1.82) is 0 Å². The second kappa shape index (κ2) is 5.83. The van der Waals surface area contributed by atoms with E-state index in [1.165, 1.54) is 24.4 Å².